The lowest BCUT2D eigenvalue weighted by Gasteiger charge is -2.05. The predicted octanol–water partition coefficient (Wildman–Crippen LogP) is 1.43. The van der Waals surface area contributed by atoms with Gasteiger partial charge in [-0.1, -0.05) is 18.2 Å². The summed E-state index contributed by atoms with van der Waals surface area (Å²) in [4.78, 5) is 11.8. The van der Waals surface area contributed by atoms with Gasteiger partial charge in [-0.3, -0.25) is 0 Å². The molecule has 0 unspecified atom stereocenters. The molecule has 88 valence electrons. The molecule has 0 saturated heterocycles. The van der Waals surface area contributed by atoms with Crippen LogP contribution in [0.1, 0.15) is 10.4 Å². The predicted molar refractivity (Wildman–Crippen MR) is 61.7 cm³/mol. The van der Waals surface area contributed by atoms with E-state index in [2.05, 4.69) is 10.2 Å². The molecule has 1 aromatic heterocycles. The third kappa shape index (κ3) is 2.57. The number of hydrogen-bond acceptors (Lipinski definition) is 5. The molecule has 0 spiro atoms. The van der Waals surface area contributed by atoms with Gasteiger partial charge in [0.15, 0.2) is 0 Å². The van der Waals surface area contributed by atoms with Gasteiger partial charge in [0.25, 0.3) is 0 Å². The fourth-order valence-electron chi connectivity index (χ4n) is 1.47. The minimum Gasteiger partial charge on any atom is -0.460 e. The number of fused-ring (bicyclic) bond motifs is 1. The van der Waals surface area contributed by atoms with Gasteiger partial charge in [0, 0.05) is 12.5 Å². The van der Waals surface area contributed by atoms with Crippen LogP contribution in [0.4, 0.5) is 0 Å². The zero-order valence-electron chi connectivity index (χ0n) is 9.42. The molecule has 2 aromatic rings. The van der Waals surface area contributed by atoms with Crippen LogP contribution < -0.4 is 0 Å². The van der Waals surface area contributed by atoms with E-state index < -0.39 is 5.97 Å². The van der Waals surface area contributed by atoms with E-state index in [1.54, 1.807) is 13.2 Å². The lowest BCUT2D eigenvalue weighted by molar-refractivity contribution is 0.0389. The number of methoxy groups -OCH3 is 1. The SMILES string of the molecule is COCCOC(=O)c1cnnc2ccccc12. The summed E-state index contributed by atoms with van der Waals surface area (Å²) in [6, 6.07) is 7.30. The summed E-state index contributed by atoms with van der Waals surface area (Å²) in [7, 11) is 1.55. The second kappa shape index (κ2) is 5.36. The molecule has 5 heteroatoms. The molecule has 0 bridgehead atoms. The van der Waals surface area contributed by atoms with E-state index in [-0.39, 0.29) is 6.61 Å². The van der Waals surface area contributed by atoms with Crippen LogP contribution in [0.15, 0.2) is 30.5 Å². The highest BCUT2D eigenvalue weighted by Gasteiger charge is 2.12. The molecule has 0 aliphatic rings. The van der Waals surface area contributed by atoms with Crippen molar-refractivity contribution in [1.29, 1.82) is 0 Å². The monoisotopic (exact) mass is 232 g/mol. The van der Waals surface area contributed by atoms with Crippen molar-refractivity contribution in [2.24, 2.45) is 0 Å². The highest BCUT2D eigenvalue weighted by molar-refractivity contribution is 6.02. The maximum Gasteiger partial charge on any atom is 0.340 e. The van der Waals surface area contributed by atoms with E-state index in [9.17, 15) is 4.79 Å². The van der Waals surface area contributed by atoms with Crippen molar-refractivity contribution in [2.75, 3.05) is 20.3 Å². The van der Waals surface area contributed by atoms with Crippen LogP contribution in [0.2, 0.25) is 0 Å². The second-order valence-electron chi connectivity index (χ2n) is 3.40. The van der Waals surface area contributed by atoms with E-state index in [1.165, 1.54) is 6.20 Å². The summed E-state index contributed by atoms with van der Waals surface area (Å²) < 4.78 is 9.86. The van der Waals surface area contributed by atoms with E-state index >= 15 is 0 Å². The molecule has 1 heterocycles. The molecule has 0 atom stereocenters. The van der Waals surface area contributed by atoms with Gasteiger partial charge in [-0.05, 0) is 6.07 Å². The molecule has 5 nitrogen and oxygen atoms in total. The Labute approximate surface area is 98.4 Å². The Hall–Kier alpha value is -2.01. The molecule has 0 saturated carbocycles. The summed E-state index contributed by atoms with van der Waals surface area (Å²) in [5.41, 5.74) is 1.10. The van der Waals surface area contributed by atoms with E-state index in [0.29, 0.717) is 17.7 Å². The third-order valence-corrected chi connectivity index (χ3v) is 2.29. The van der Waals surface area contributed by atoms with Gasteiger partial charge in [0.1, 0.15) is 6.61 Å². The average Bonchev–Trinajstić information content (AvgIpc) is 2.38. The third-order valence-electron chi connectivity index (χ3n) is 2.29. The van der Waals surface area contributed by atoms with Crippen LogP contribution in [0, 0.1) is 0 Å². The first-order valence-electron chi connectivity index (χ1n) is 5.19. The zero-order chi connectivity index (χ0) is 12.1. The van der Waals surface area contributed by atoms with E-state index in [0.717, 1.165) is 5.39 Å². The highest BCUT2D eigenvalue weighted by atomic mass is 16.6. The molecule has 0 N–H and O–H groups in total. The first kappa shape index (κ1) is 11.5. The number of benzene rings is 1. The summed E-state index contributed by atoms with van der Waals surface area (Å²) in [6.07, 6.45) is 1.41. The fraction of sp³-hybridized carbons (Fsp3) is 0.250. The summed E-state index contributed by atoms with van der Waals surface area (Å²) in [5.74, 6) is -0.409. The normalized spacial score (nSPS) is 10.4. The number of aromatic nitrogens is 2. The van der Waals surface area contributed by atoms with Crippen LogP contribution in [-0.2, 0) is 9.47 Å². The lowest BCUT2D eigenvalue weighted by atomic mass is 10.1. The Morgan fingerprint density at radius 2 is 2.12 bits per heavy atom. The van der Waals surface area contributed by atoms with Crippen LogP contribution >= 0.6 is 0 Å². The molecule has 0 aliphatic carbocycles. The van der Waals surface area contributed by atoms with Crippen molar-refractivity contribution in [2.45, 2.75) is 0 Å². The van der Waals surface area contributed by atoms with Crippen LogP contribution in [0.5, 0.6) is 0 Å². The Bertz CT molecular complexity index is 523. The fourth-order valence-corrected chi connectivity index (χ4v) is 1.47. The van der Waals surface area contributed by atoms with Crippen molar-refractivity contribution < 1.29 is 14.3 Å². The maximum absolute atomic E-state index is 11.8. The molecule has 0 aliphatic heterocycles. The van der Waals surface area contributed by atoms with Gasteiger partial charge in [0.2, 0.25) is 0 Å². The number of ether oxygens (including phenoxy) is 2. The Morgan fingerprint density at radius 1 is 1.29 bits per heavy atom. The smallest absolute Gasteiger partial charge is 0.340 e. The average molecular weight is 232 g/mol. The van der Waals surface area contributed by atoms with Gasteiger partial charge in [-0.15, -0.1) is 0 Å². The molecule has 2 rings (SSSR count). The van der Waals surface area contributed by atoms with Crippen molar-refractivity contribution in [3.8, 4) is 0 Å². The quantitative estimate of drug-likeness (QED) is 0.589. The van der Waals surface area contributed by atoms with E-state index in [4.69, 9.17) is 9.47 Å². The molecule has 0 radical (unpaired) electrons. The summed E-state index contributed by atoms with van der Waals surface area (Å²) in [5, 5.41) is 8.46. The van der Waals surface area contributed by atoms with Crippen molar-refractivity contribution >= 4 is 16.9 Å². The molecule has 1 aromatic carbocycles. The van der Waals surface area contributed by atoms with Crippen molar-refractivity contribution in [3.05, 3.63) is 36.0 Å². The molecule has 17 heavy (non-hydrogen) atoms. The number of carbonyl (C=O) groups is 1. The lowest BCUT2D eigenvalue weighted by Crippen LogP contribution is -2.11. The van der Waals surface area contributed by atoms with Crippen molar-refractivity contribution in [1.82, 2.24) is 10.2 Å². The topological polar surface area (TPSA) is 61.3 Å². The number of esters is 1. The van der Waals surface area contributed by atoms with Crippen LogP contribution in [-0.4, -0.2) is 36.5 Å². The van der Waals surface area contributed by atoms with Crippen LogP contribution in [0.3, 0.4) is 0 Å². The number of rotatable bonds is 4. The number of nitrogens with zero attached hydrogens (tertiary/aromatic N) is 2. The first-order valence-corrected chi connectivity index (χ1v) is 5.19. The largest absolute Gasteiger partial charge is 0.460 e. The van der Waals surface area contributed by atoms with Gasteiger partial charge in [-0.2, -0.15) is 10.2 Å². The Balaban J connectivity index is 2.26. The maximum atomic E-state index is 11.8. The first-order chi connectivity index (χ1) is 8.33. The minimum absolute atomic E-state index is 0.228. The summed E-state index contributed by atoms with van der Waals surface area (Å²) in [6.45, 7) is 0.605. The second-order valence-corrected chi connectivity index (χ2v) is 3.40. The number of carbonyl (C=O) groups excluding carboxylic acids is 1. The van der Waals surface area contributed by atoms with E-state index in [1.807, 2.05) is 18.2 Å². The van der Waals surface area contributed by atoms with Gasteiger partial charge < -0.3 is 9.47 Å². The summed E-state index contributed by atoms with van der Waals surface area (Å²) >= 11 is 0. The van der Waals surface area contributed by atoms with Crippen LogP contribution in [0.25, 0.3) is 10.9 Å². The zero-order valence-corrected chi connectivity index (χ0v) is 9.42. The minimum atomic E-state index is -0.409. The Kier molecular flexibility index (Phi) is 3.62. The van der Waals surface area contributed by atoms with Crippen molar-refractivity contribution in [3.63, 3.8) is 0 Å². The van der Waals surface area contributed by atoms with Gasteiger partial charge in [0.05, 0.1) is 23.9 Å². The molecular weight excluding hydrogens is 220 g/mol. The Morgan fingerprint density at radius 3 is 2.94 bits per heavy atom. The van der Waals surface area contributed by atoms with Gasteiger partial charge >= 0.3 is 5.97 Å². The highest BCUT2D eigenvalue weighted by Crippen LogP contribution is 2.15. The van der Waals surface area contributed by atoms with Gasteiger partial charge in [-0.25, -0.2) is 4.79 Å². The standard InChI is InChI=1S/C12H12N2O3/c1-16-6-7-17-12(15)10-8-13-14-11-5-3-2-4-9(10)11/h2-5,8H,6-7H2,1H3. The number of hydrogen-bond donors (Lipinski definition) is 0. The molecular formula is C12H12N2O3. The molecule has 0 fully saturated rings. The molecule has 0 amide bonds.